The van der Waals surface area contributed by atoms with Crippen LogP contribution in [0.3, 0.4) is 0 Å². The zero-order valence-electron chi connectivity index (χ0n) is 17.0. The molecule has 5 nitrogen and oxygen atoms in total. The zero-order valence-corrected chi connectivity index (χ0v) is 20.0. The lowest BCUT2D eigenvalue weighted by Crippen LogP contribution is -2.30. The standard InChI is InChI=1S/C24H17Cl4N3O2/c25-17-2-4-18(5-3-17)33-19-6-7-20(22(27)12-19)24(32,13-31-15-29-14-30-31)10-9-16-1-8-21(26)23(28)11-16/h1-12,14-15,32H,13H2/b10-9+. The molecule has 1 unspecified atom stereocenters. The summed E-state index contributed by atoms with van der Waals surface area (Å²) in [5.74, 6) is 1.13. The molecule has 0 amide bonds. The maximum Gasteiger partial charge on any atom is 0.137 e. The van der Waals surface area contributed by atoms with Gasteiger partial charge in [0.1, 0.15) is 29.8 Å². The van der Waals surface area contributed by atoms with Crippen molar-refractivity contribution in [2.45, 2.75) is 12.1 Å². The van der Waals surface area contributed by atoms with Crippen LogP contribution in [0.2, 0.25) is 20.1 Å². The third kappa shape index (κ3) is 5.88. The van der Waals surface area contributed by atoms with Gasteiger partial charge in [0.15, 0.2) is 0 Å². The molecule has 3 aromatic carbocycles. The van der Waals surface area contributed by atoms with Gasteiger partial charge in [0.2, 0.25) is 0 Å². The highest BCUT2D eigenvalue weighted by Gasteiger charge is 2.30. The Kier molecular flexibility index (Phi) is 7.27. The first kappa shape index (κ1) is 23.6. The molecule has 9 heteroatoms. The molecule has 0 fully saturated rings. The molecule has 0 spiro atoms. The van der Waals surface area contributed by atoms with Crippen molar-refractivity contribution in [3.8, 4) is 11.5 Å². The van der Waals surface area contributed by atoms with E-state index in [1.54, 1.807) is 72.8 Å². The van der Waals surface area contributed by atoms with Crippen molar-refractivity contribution in [1.29, 1.82) is 0 Å². The average molecular weight is 521 g/mol. The molecule has 1 N–H and O–H groups in total. The molecule has 4 rings (SSSR count). The second kappa shape index (κ2) is 10.2. The molecule has 1 aromatic heterocycles. The number of benzene rings is 3. The number of halogens is 4. The van der Waals surface area contributed by atoms with Crippen LogP contribution in [0, 0.1) is 0 Å². The van der Waals surface area contributed by atoms with Gasteiger partial charge in [0.05, 0.1) is 21.6 Å². The van der Waals surface area contributed by atoms with Gasteiger partial charge >= 0.3 is 0 Å². The van der Waals surface area contributed by atoms with Crippen LogP contribution in [0.1, 0.15) is 11.1 Å². The van der Waals surface area contributed by atoms with Crippen LogP contribution in [0.4, 0.5) is 0 Å². The Labute approximate surface area is 210 Å². The molecule has 4 aromatic rings. The topological polar surface area (TPSA) is 60.2 Å². The van der Waals surface area contributed by atoms with Gasteiger partial charge in [-0.2, -0.15) is 5.10 Å². The van der Waals surface area contributed by atoms with Crippen LogP contribution in [-0.4, -0.2) is 19.9 Å². The highest BCUT2D eigenvalue weighted by molar-refractivity contribution is 6.42. The number of hydrogen-bond donors (Lipinski definition) is 1. The van der Waals surface area contributed by atoms with Crippen molar-refractivity contribution >= 4 is 52.5 Å². The fourth-order valence-corrected chi connectivity index (χ4v) is 3.95. The maximum absolute atomic E-state index is 11.7. The Bertz CT molecular complexity index is 1280. The van der Waals surface area contributed by atoms with Gasteiger partial charge < -0.3 is 9.84 Å². The van der Waals surface area contributed by atoms with Crippen molar-refractivity contribution in [3.05, 3.63) is 111 Å². The lowest BCUT2D eigenvalue weighted by atomic mass is 9.92. The molecular weight excluding hydrogens is 504 g/mol. The van der Waals surface area contributed by atoms with E-state index in [9.17, 15) is 5.11 Å². The Hall–Kier alpha value is -2.54. The van der Waals surface area contributed by atoms with Gasteiger partial charge in [0.25, 0.3) is 0 Å². The van der Waals surface area contributed by atoms with Crippen molar-refractivity contribution in [3.63, 3.8) is 0 Å². The lowest BCUT2D eigenvalue weighted by molar-refractivity contribution is 0.0664. The summed E-state index contributed by atoms with van der Waals surface area (Å²) in [6.45, 7) is 0.0852. The fraction of sp³-hybridized carbons (Fsp3) is 0.0833. The Morgan fingerprint density at radius 1 is 0.879 bits per heavy atom. The third-order valence-electron chi connectivity index (χ3n) is 4.82. The van der Waals surface area contributed by atoms with Gasteiger partial charge in [-0.3, -0.25) is 0 Å². The van der Waals surface area contributed by atoms with E-state index in [1.807, 2.05) is 0 Å². The first-order valence-electron chi connectivity index (χ1n) is 9.75. The Morgan fingerprint density at radius 3 is 2.30 bits per heavy atom. The third-order valence-corrected chi connectivity index (χ3v) is 6.12. The molecule has 0 radical (unpaired) electrons. The molecule has 1 heterocycles. The minimum atomic E-state index is -1.50. The average Bonchev–Trinajstić information content (AvgIpc) is 3.29. The highest BCUT2D eigenvalue weighted by atomic mass is 35.5. The molecule has 0 aliphatic rings. The van der Waals surface area contributed by atoms with E-state index in [4.69, 9.17) is 51.1 Å². The molecule has 168 valence electrons. The monoisotopic (exact) mass is 519 g/mol. The van der Waals surface area contributed by atoms with Gasteiger partial charge in [-0.05, 0) is 60.2 Å². The SMILES string of the molecule is OC(/C=C/c1ccc(Cl)c(Cl)c1)(Cn1cncn1)c1ccc(Oc2ccc(Cl)cc2)cc1Cl. The van der Waals surface area contributed by atoms with Gasteiger partial charge in [-0.25, -0.2) is 9.67 Å². The molecule has 33 heavy (non-hydrogen) atoms. The zero-order chi connectivity index (χ0) is 23.4. The summed E-state index contributed by atoms with van der Waals surface area (Å²) in [6.07, 6.45) is 6.29. The van der Waals surface area contributed by atoms with Crippen LogP contribution in [0.5, 0.6) is 11.5 Å². The van der Waals surface area contributed by atoms with E-state index >= 15 is 0 Å². The van der Waals surface area contributed by atoms with Crippen molar-refractivity contribution < 1.29 is 9.84 Å². The van der Waals surface area contributed by atoms with Gasteiger partial charge in [-0.15, -0.1) is 0 Å². The minimum absolute atomic E-state index is 0.0852. The van der Waals surface area contributed by atoms with E-state index in [2.05, 4.69) is 10.1 Å². The van der Waals surface area contributed by atoms with E-state index in [0.29, 0.717) is 37.2 Å². The molecular formula is C24H17Cl4N3O2. The van der Waals surface area contributed by atoms with E-state index < -0.39 is 5.60 Å². The Balaban J connectivity index is 1.66. The summed E-state index contributed by atoms with van der Waals surface area (Å²) < 4.78 is 7.37. The van der Waals surface area contributed by atoms with Crippen LogP contribution in [0.15, 0.2) is 79.4 Å². The van der Waals surface area contributed by atoms with Crippen molar-refractivity contribution in [1.82, 2.24) is 14.8 Å². The molecule has 0 saturated heterocycles. The van der Waals surface area contributed by atoms with E-state index in [0.717, 1.165) is 5.56 Å². The Morgan fingerprint density at radius 2 is 1.64 bits per heavy atom. The number of hydrogen-bond acceptors (Lipinski definition) is 4. The lowest BCUT2D eigenvalue weighted by Gasteiger charge is -2.26. The van der Waals surface area contributed by atoms with Crippen LogP contribution < -0.4 is 4.74 Å². The van der Waals surface area contributed by atoms with Crippen molar-refractivity contribution in [2.24, 2.45) is 0 Å². The largest absolute Gasteiger partial charge is 0.457 e. The minimum Gasteiger partial charge on any atom is -0.457 e. The summed E-state index contributed by atoms with van der Waals surface area (Å²) in [5.41, 5.74) is -0.268. The predicted molar refractivity (Wildman–Crippen MR) is 132 cm³/mol. The first-order valence-corrected chi connectivity index (χ1v) is 11.3. The van der Waals surface area contributed by atoms with Crippen LogP contribution >= 0.6 is 46.4 Å². The van der Waals surface area contributed by atoms with E-state index in [-0.39, 0.29) is 6.54 Å². The van der Waals surface area contributed by atoms with Gasteiger partial charge in [-0.1, -0.05) is 64.6 Å². The number of rotatable bonds is 7. The summed E-state index contributed by atoms with van der Waals surface area (Å²) in [7, 11) is 0. The number of aliphatic hydroxyl groups is 1. The normalized spacial score (nSPS) is 13.2. The molecule has 0 aliphatic carbocycles. The molecule has 0 bridgehead atoms. The predicted octanol–water partition coefficient (Wildman–Crippen LogP) is 7.29. The summed E-state index contributed by atoms with van der Waals surface area (Å²) in [4.78, 5) is 3.95. The van der Waals surface area contributed by atoms with E-state index in [1.165, 1.54) is 17.3 Å². The van der Waals surface area contributed by atoms with Crippen LogP contribution in [-0.2, 0) is 12.1 Å². The fourth-order valence-electron chi connectivity index (χ4n) is 3.19. The number of nitrogens with zero attached hydrogens (tertiary/aromatic N) is 3. The first-order chi connectivity index (χ1) is 15.8. The number of ether oxygens (including phenoxy) is 1. The molecule has 1 atom stereocenters. The molecule has 0 saturated carbocycles. The van der Waals surface area contributed by atoms with Gasteiger partial charge in [0, 0.05) is 10.6 Å². The highest BCUT2D eigenvalue weighted by Crippen LogP contribution is 2.36. The molecule has 0 aliphatic heterocycles. The quantitative estimate of drug-likeness (QED) is 0.278. The maximum atomic E-state index is 11.7. The van der Waals surface area contributed by atoms with Crippen LogP contribution in [0.25, 0.3) is 6.08 Å². The summed E-state index contributed by atoms with van der Waals surface area (Å²) in [6, 6.07) is 17.3. The second-order valence-electron chi connectivity index (χ2n) is 7.22. The second-order valence-corrected chi connectivity index (χ2v) is 8.88. The smallest absolute Gasteiger partial charge is 0.137 e. The number of aromatic nitrogens is 3. The summed E-state index contributed by atoms with van der Waals surface area (Å²) in [5, 5.41) is 17.6. The van der Waals surface area contributed by atoms with Crippen molar-refractivity contribution in [2.75, 3.05) is 0 Å². The summed E-state index contributed by atoms with van der Waals surface area (Å²) >= 11 is 24.6.